The Kier molecular flexibility index (Phi) is 9.17. The highest BCUT2D eigenvalue weighted by atomic mass is 32.2. The zero-order chi connectivity index (χ0) is 31.0. The smallest absolute Gasteiger partial charge is 0.338 e. The molecule has 3 aromatic rings. The minimum absolute atomic E-state index is 0.110. The van der Waals surface area contributed by atoms with Crippen LogP contribution in [0.2, 0.25) is 0 Å². The number of hydrogen-bond donors (Lipinski definition) is 2. The van der Waals surface area contributed by atoms with Crippen molar-refractivity contribution < 1.29 is 36.6 Å². The molecule has 0 atom stereocenters. The summed E-state index contributed by atoms with van der Waals surface area (Å²) in [5, 5.41) is 10.1. The van der Waals surface area contributed by atoms with Gasteiger partial charge in [-0.15, -0.1) is 11.3 Å². The number of halogens is 2. The van der Waals surface area contributed by atoms with Crippen LogP contribution in [-0.4, -0.2) is 37.7 Å². The second kappa shape index (κ2) is 12.2. The lowest BCUT2D eigenvalue weighted by molar-refractivity contribution is 0.0691. The van der Waals surface area contributed by atoms with E-state index < -0.39 is 38.2 Å². The molecule has 1 heterocycles. The summed E-state index contributed by atoms with van der Waals surface area (Å²) in [5.41, 5.74) is 0.155. The standard InChI is InChI=1S/C30H36F2N2O6S2/c1-16(2)40-27-19(17-7-9-18(10-8-17)30(3,4)5)11-12-20(26(27)32)28-33-25(15-41-28)42(37,38)34-23-14-22(31)21(29(35)36)13-24(23)39-6/h11-18,34H,7-10H2,1-6H3,(H,35,36)/t17-,18-. The molecule has 1 aliphatic carbocycles. The maximum Gasteiger partial charge on any atom is 0.338 e. The van der Waals surface area contributed by atoms with Crippen LogP contribution in [-0.2, 0) is 10.0 Å². The highest BCUT2D eigenvalue weighted by Gasteiger charge is 2.33. The van der Waals surface area contributed by atoms with Crippen LogP contribution in [0.15, 0.2) is 34.7 Å². The van der Waals surface area contributed by atoms with E-state index in [1.807, 2.05) is 19.9 Å². The molecule has 4 rings (SSSR count). The van der Waals surface area contributed by atoms with Gasteiger partial charge in [0.2, 0.25) is 0 Å². The van der Waals surface area contributed by atoms with Crippen LogP contribution in [0.3, 0.4) is 0 Å². The fraction of sp³-hybridized carbons (Fsp3) is 0.467. The average molecular weight is 623 g/mol. The Hall–Kier alpha value is -3.25. The van der Waals surface area contributed by atoms with Gasteiger partial charge >= 0.3 is 5.97 Å². The largest absolute Gasteiger partial charge is 0.495 e. The SMILES string of the molecule is COc1cc(C(=O)O)c(F)cc1NS(=O)(=O)c1csc(-c2ccc([C@H]3CC[C@H](C(C)(C)C)CC3)c(OC(C)C)c2F)n1. The molecule has 0 bridgehead atoms. The summed E-state index contributed by atoms with van der Waals surface area (Å²) in [6, 6.07) is 5.06. The molecule has 228 valence electrons. The Bertz CT molecular complexity index is 1570. The molecule has 0 saturated heterocycles. The minimum Gasteiger partial charge on any atom is -0.495 e. The van der Waals surface area contributed by atoms with E-state index in [2.05, 4.69) is 30.5 Å². The summed E-state index contributed by atoms with van der Waals surface area (Å²) in [7, 11) is -3.17. The maximum atomic E-state index is 16.1. The van der Waals surface area contributed by atoms with Crippen molar-refractivity contribution in [1.82, 2.24) is 4.98 Å². The van der Waals surface area contributed by atoms with Crippen molar-refractivity contribution in [3.8, 4) is 22.1 Å². The second-order valence-corrected chi connectivity index (χ2v) is 14.3. The number of benzene rings is 2. The van der Waals surface area contributed by atoms with Crippen LogP contribution in [0.4, 0.5) is 14.5 Å². The van der Waals surface area contributed by atoms with Crippen molar-refractivity contribution in [3.63, 3.8) is 0 Å². The molecular formula is C30H36F2N2O6S2. The number of ether oxygens (including phenoxy) is 2. The van der Waals surface area contributed by atoms with Gasteiger partial charge < -0.3 is 14.6 Å². The number of aromatic carboxylic acids is 1. The molecule has 0 amide bonds. The highest BCUT2D eigenvalue weighted by molar-refractivity contribution is 7.92. The van der Waals surface area contributed by atoms with Gasteiger partial charge in [-0.3, -0.25) is 4.72 Å². The van der Waals surface area contributed by atoms with Crippen molar-refractivity contribution in [1.29, 1.82) is 0 Å². The fourth-order valence-corrected chi connectivity index (χ4v) is 7.53. The number of carboxylic acids is 1. The molecule has 8 nitrogen and oxygen atoms in total. The van der Waals surface area contributed by atoms with Crippen LogP contribution in [0.5, 0.6) is 11.5 Å². The van der Waals surface area contributed by atoms with Crippen LogP contribution in [0.25, 0.3) is 10.6 Å². The van der Waals surface area contributed by atoms with E-state index in [0.717, 1.165) is 54.7 Å². The number of carboxylic acid groups (broad SMARTS) is 1. The van der Waals surface area contributed by atoms with Gasteiger partial charge in [-0.25, -0.2) is 18.6 Å². The number of sulfonamides is 1. The van der Waals surface area contributed by atoms with Gasteiger partial charge in [0, 0.05) is 17.0 Å². The third-order valence-corrected chi connectivity index (χ3v) is 9.90. The van der Waals surface area contributed by atoms with Gasteiger partial charge in [0.15, 0.2) is 16.6 Å². The van der Waals surface area contributed by atoms with E-state index in [1.54, 1.807) is 6.07 Å². The molecule has 0 spiro atoms. The normalized spacial score (nSPS) is 17.7. The quantitative estimate of drug-likeness (QED) is 0.251. The molecule has 42 heavy (non-hydrogen) atoms. The molecule has 0 radical (unpaired) electrons. The molecule has 1 saturated carbocycles. The summed E-state index contributed by atoms with van der Waals surface area (Å²) in [4.78, 5) is 15.4. The van der Waals surface area contributed by atoms with Gasteiger partial charge in [0.25, 0.3) is 10.0 Å². The summed E-state index contributed by atoms with van der Waals surface area (Å²) in [6.07, 6.45) is 3.68. The van der Waals surface area contributed by atoms with Gasteiger partial charge in [0.05, 0.1) is 30.0 Å². The van der Waals surface area contributed by atoms with Crippen LogP contribution < -0.4 is 14.2 Å². The summed E-state index contributed by atoms with van der Waals surface area (Å²) in [6.45, 7) is 10.4. The first-order valence-electron chi connectivity index (χ1n) is 13.7. The van der Waals surface area contributed by atoms with E-state index >= 15 is 4.39 Å². The predicted octanol–water partition coefficient (Wildman–Crippen LogP) is 7.70. The first-order chi connectivity index (χ1) is 19.6. The highest BCUT2D eigenvalue weighted by Crippen LogP contribution is 2.47. The van der Waals surface area contributed by atoms with Crippen LogP contribution in [0.1, 0.15) is 82.1 Å². The number of hydrogen-bond acceptors (Lipinski definition) is 7. The molecule has 12 heteroatoms. The van der Waals surface area contributed by atoms with E-state index in [1.165, 1.54) is 12.5 Å². The molecule has 1 fully saturated rings. The minimum atomic E-state index is -4.37. The number of methoxy groups -OCH3 is 1. The molecule has 1 aliphatic rings. The Morgan fingerprint density at radius 1 is 1.14 bits per heavy atom. The Morgan fingerprint density at radius 3 is 2.38 bits per heavy atom. The fourth-order valence-electron chi connectivity index (χ4n) is 5.35. The molecular weight excluding hydrogens is 586 g/mol. The van der Waals surface area contributed by atoms with Gasteiger partial charge in [0.1, 0.15) is 16.6 Å². The van der Waals surface area contributed by atoms with Crippen molar-refractivity contribution >= 4 is 33.0 Å². The number of thiazole rings is 1. The number of rotatable bonds is 9. The van der Waals surface area contributed by atoms with Gasteiger partial charge in [-0.05, 0) is 68.9 Å². The number of aromatic nitrogens is 1. The third-order valence-electron chi connectivity index (χ3n) is 7.63. The van der Waals surface area contributed by atoms with E-state index in [4.69, 9.17) is 14.6 Å². The third kappa shape index (κ3) is 6.70. The number of carbonyl (C=O) groups is 1. The Balaban J connectivity index is 1.64. The van der Waals surface area contributed by atoms with Crippen LogP contribution in [0, 0.1) is 23.0 Å². The van der Waals surface area contributed by atoms with Crippen LogP contribution >= 0.6 is 11.3 Å². The summed E-state index contributed by atoms with van der Waals surface area (Å²) < 4.78 is 69.8. The average Bonchev–Trinajstić information content (AvgIpc) is 3.40. The zero-order valence-corrected chi connectivity index (χ0v) is 26.1. The van der Waals surface area contributed by atoms with Gasteiger partial charge in [-0.1, -0.05) is 26.8 Å². The van der Waals surface area contributed by atoms with E-state index in [0.29, 0.717) is 5.92 Å². The Labute approximate surface area is 249 Å². The van der Waals surface area contributed by atoms with Crippen molar-refractivity contribution in [2.24, 2.45) is 11.3 Å². The lowest BCUT2D eigenvalue weighted by Crippen LogP contribution is -2.25. The lowest BCUT2D eigenvalue weighted by Gasteiger charge is -2.37. The topological polar surface area (TPSA) is 115 Å². The molecule has 0 unspecified atom stereocenters. The number of anilines is 1. The number of nitrogens with zero attached hydrogens (tertiary/aromatic N) is 1. The molecule has 1 aromatic heterocycles. The molecule has 0 aliphatic heterocycles. The summed E-state index contributed by atoms with van der Waals surface area (Å²) in [5.74, 6) is -2.55. The molecule has 2 aromatic carbocycles. The van der Waals surface area contributed by atoms with E-state index in [9.17, 15) is 17.6 Å². The Morgan fingerprint density at radius 2 is 1.81 bits per heavy atom. The summed E-state index contributed by atoms with van der Waals surface area (Å²) >= 11 is 0.937. The van der Waals surface area contributed by atoms with Crippen molar-refractivity contribution in [2.45, 2.75) is 77.3 Å². The first kappa shape index (κ1) is 31.7. The monoisotopic (exact) mass is 622 g/mol. The van der Waals surface area contributed by atoms with Crippen molar-refractivity contribution in [3.05, 3.63) is 52.4 Å². The van der Waals surface area contributed by atoms with Crippen molar-refractivity contribution in [2.75, 3.05) is 11.8 Å². The maximum absolute atomic E-state index is 16.1. The van der Waals surface area contributed by atoms with Gasteiger partial charge in [-0.2, -0.15) is 8.42 Å². The second-order valence-electron chi connectivity index (χ2n) is 11.9. The zero-order valence-electron chi connectivity index (χ0n) is 24.5. The first-order valence-corrected chi connectivity index (χ1v) is 16.1. The predicted molar refractivity (Wildman–Crippen MR) is 158 cm³/mol. The van der Waals surface area contributed by atoms with E-state index in [-0.39, 0.29) is 45.2 Å². The number of nitrogens with one attached hydrogen (secondary N) is 1. The lowest BCUT2D eigenvalue weighted by atomic mass is 9.68. The molecule has 2 N–H and O–H groups in total.